The van der Waals surface area contributed by atoms with Gasteiger partial charge >= 0.3 is 0 Å². The Balaban J connectivity index is 1.73. The molecule has 0 spiro atoms. The Kier molecular flexibility index (Phi) is 4.30. The molecule has 0 fully saturated rings. The lowest BCUT2D eigenvalue weighted by Crippen LogP contribution is -2.28. The smallest absolute Gasteiger partial charge is 0.258 e. The number of rotatable bonds is 5. The number of para-hydroxylation sites is 1. The third-order valence-corrected chi connectivity index (χ3v) is 2.33. The lowest BCUT2D eigenvalue weighted by atomic mass is 10.3. The summed E-state index contributed by atoms with van der Waals surface area (Å²) in [5.41, 5.74) is 0.963. The number of nitrogens with zero attached hydrogens (tertiary/aromatic N) is 1. The molecule has 0 aliphatic heterocycles. The lowest BCUT2D eigenvalue weighted by molar-refractivity contribution is -0.123. The van der Waals surface area contributed by atoms with Crippen LogP contribution in [0.25, 0.3) is 0 Å². The number of amides is 1. The number of hydrogen-bond acceptors (Lipinski definition) is 3. The molecular weight excluding hydrogens is 228 g/mol. The molecule has 4 nitrogen and oxygen atoms in total. The van der Waals surface area contributed by atoms with Gasteiger partial charge in [0, 0.05) is 18.9 Å². The van der Waals surface area contributed by atoms with Crippen LogP contribution in [0, 0.1) is 0 Å². The van der Waals surface area contributed by atoms with Crippen LogP contribution < -0.4 is 10.1 Å². The van der Waals surface area contributed by atoms with Crippen molar-refractivity contribution in [1.82, 2.24) is 10.3 Å². The molecule has 0 bridgehead atoms. The van der Waals surface area contributed by atoms with Gasteiger partial charge in [-0.25, -0.2) is 0 Å². The summed E-state index contributed by atoms with van der Waals surface area (Å²) in [7, 11) is 0. The highest BCUT2D eigenvalue weighted by atomic mass is 16.5. The van der Waals surface area contributed by atoms with Gasteiger partial charge in [-0.3, -0.25) is 9.78 Å². The summed E-state index contributed by atoms with van der Waals surface area (Å²) in [5.74, 6) is 0.539. The van der Waals surface area contributed by atoms with Gasteiger partial charge in [-0.05, 0) is 23.8 Å². The van der Waals surface area contributed by atoms with E-state index in [2.05, 4.69) is 10.3 Å². The molecule has 2 aromatic rings. The van der Waals surface area contributed by atoms with E-state index in [9.17, 15) is 4.79 Å². The molecule has 0 atom stereocenters. The Labute approximate surface area is 106 Å². The first kappa shape index (κ1) is 12.1. The summed E-state index contributed by atoms with van der Waals surface area (Å²) < 4.78 is 5.33. The number of ether oxygens (including phenoxy) is 1. The molecule has 0 aliphatic rings. The normalized spacial score (nSPS) is 9.78. The number of nitrogens with one attached hydrogen (secondary N) is 1. The Bertz CT molecular complexity index is 440. The van der Waals surface area contributed by atoms with Crippen LogP contribution in [0.15, 0.2) is 54.9 Å². The number of carbonyl (C=O) groups is 1. The summed E-state index contributed by atoms with van der Waals surface area (Å²) in [6.07, 6.45) is 3.42. The molecule has 4 heteroatoms. The van der Waals surface area contributed by atoms with E-state index in [0.717, 1.165) is 5.56 Å². The summed E-state index contributed by atoms with van der Waals surface area (Å²) in [6.45, 7) is 0.481. The molecule has 92 valence electrons. The van der Waals surface area contributed by atoms with E-state index < -0.39 is 0 Å². The minimum Gasteiger partial charge on any atom is -0.484 e. The highest BCUT2D eigenvalue weighted by molar-refractivity contribution is 5.77. The number of pyridine rings is 1. The van der Waals surface area contributed by atoms with Crippen LogP contribution in [0.1, 0.15) is 5.56 Å². The molecule has 1 N–H and O–H groups in total. The van der Waals surface area contributed by atoms with Crippen molar-refractivity contribution < 1.29 is 9.53 Å². The van der Waals surface area contributed by atoms with Gasteiger partial charge in [-0.2, -0.15) is 0 Å². The van der Waals surface area contributed by atoms with Crippen molar-refractivity contribution in [3.05, 3.63) is 60.4 Å². The molecule has 1 aromatic heterocycles. The Hall–Kier alpha value is -2.36. The zero-order valence-corrected chi connectivity index (χ0v) is 9.87. The van der Waals surface area contributed by atoms with Crippen molar-refractivity contribution in [3.63, 3.8) is 0 Å². The van der Waals surface area contributed by atoms with E-state index in [4.69, 9.17) is 4.74 Å². The standard InChI is InChI=1S/C14H14N2O2/c17-14(11-18-13-6-2-1-3-7-13)16-10-12-5-4-8-15-9-12/h1-9H,10-11H2,(H,16,17). The number of benzene rings is 1. The zero-order chi connectivity index (χ0) is 12.6. The quantitative estimate of drug-likeness (QED) is 0.869. The fourth-order valence-electron chi connectivity index (χ4n) is 1.42. The number of hydrogen-bond donors (Lipinski definition) is 1. The first-order valence-electron chi connectivity index (χ1n) is 5.68. The summed E-state index contributed by atoms with van der Waals surface area (Å²) in [5, 5.41) is 2.77. The van der Waals surface area contributed by atoms with E-state index in [1.54, 1.807) is 12.4 Å². The van der Waals surface area contributed by atoms with Crippen LogP contribution in [0.4, 0.5) is 0 Å². The number of aromatic nitrogens is 1. The predicted molar refractivity (Wildman–Crippen MR) is 68.0 cm³/mol. The van der Waals surface area contributed by atoms with Crippen molar-refractivity contribution >= 4 is 5.91 Å². The minimum absolute atomic E-state index is 0.0181. The third kappa shape index (κ3) is 3.90. The van der Waals surface area contributed by atoms with E-state index in [0.29, 0.717) is 12.3 Å². The van der Waals surface area contributed by atoms with Crippen LogP contribution in [0.5, 0.6) is 5.75 Å². The first-order valence-corrected chi connectivity index (χ1v) is 5.68. The average molecular weight is 242 g/mol. The lowest BCUT2D eigenvalue weighted by Gasteiger charge is -2.07. The second-order valence-corrected chi connectivity index (χ2v) is 3.74. The third-order valence-electron chi connectivity index (χ3n) is 2.33. The minimum atomic E-state index is -0.150. The highest BCUT2D eigenvalue weighted by Crippen LogP contribution is 2.07. The van der Waals surface area contributed by atoms with Crippen molar-refractivity contribution in [2.45, 2.75) is 6.54 Å². The molecule has 1 amide bonds. The zero-order valence-electron chi connectivity index (χ0n) is 9.87. The van der Waals surface area contributed by atoms with Crippen LogP contribution in [0.3, 0.4) is 0 Å². The second-order valence-electron chi connectivity index (χ2n) is 3.74. The molecule has 0 saturated heterocycles. The average Bonchev–Trinajstić information content (AvgIpc) is 2.45. The van der Waals surface area contributed by atoms with Gasteiger partial charge in [-0.15, -0.1) is 0 Å². The molecule has 0 aliphatic carbocycles. The van der Waals surface area contributed by atoms with Crippen molar-refractivity contribution in [1.29, 1.82) is 0 Å². The SMILES string of the molecule is O=C(COc1ccccc1)NCc1cccnc1. The molecule has 0 saturated carbocycles. The maximum Gasteiger partial charge on any atom is 0.258 e. The van der Waals surface area contributed by atoms with Crippen molar-refractivity contribution in [2.24, 2.45) is 0 Å². The highest BCUT2D eigenvalue weighted by Gasteiger charge is 2.02. The van der Waals surface area contributed by atoms with Crippen molar-refractivity contribution in [2.75, 3.05) is 6.61 Å². The van der Waals surface area contributed by atoms with E-state index in [1.165, 1.54) is 0 Å². The molecular formula is C14H14N2O2. The predicted octanol–water partition coefficient (Wildman–Crippen LogP) is 1.78. The van der Waals surface area contributed by atoms with Gasteiger partial charge in [0.1, 0.15) is 5.75 Å². The Morgan fingerprint density at radius 2 is 2.00 bits per heavy atom. The molecule has 2 rings (SSSR count). The van der Waals surface area contributed by atoms with Crippen molar-refractivity contribution in [3.8, 4) is 5.75 Å². The van der Waals surface area contributed by atoms with E-state index in [-0.39, 0.29) is 12.5 Å². The summed E-state index contributed by atoms with van der Waals surface area (Å²) >= 11 is 0. The monoisotopic (exact) mass is 242 g/mol. The summed E-state index contributed by atoms with van der Waals surface area (Å²) in [4.78, 5) is 15.5. The van der Waals surface area contributed by atoms with Gasteiger partial charge in [0.05, 0.1) is 0 Å². The second kappa shape index (κ2) is 6.39. The number of carbonyl (C=O) groups excluding carboxylic acids is 1. The first-order chi connectivity index (χ1) is 8.84. The largest absolute Gasteiger partial charge is 0.484 e. The molecule has 18 heavy (non-hydrogen) atoms. The van der Waals surface area contributed by atoms with E-state index in [1.807, 2.05) is 42.5 Å². The van der Waals surface area contributed by atoms with Crippen LogP contribution in [-0.2, 0) is 11.3 Å². The fourth-order valence-corrected chi connectivity index (χ4v) is 1.42. The Morgan fingerprint density at radius 3 is 2.72 bits per heavy atom. The van der Waals surface area contributed by atoms with Gasteiger partial charge in [0.15, 0.2) is 6.61 Å². The molecule has 0 radical (unpaired) electrons. The van der Waals surface area contributed by atoms with E-state index >= 15 is 0 Å². The molecule has 0 unspecified atom stereocenters. The molecule has 1 aromatic carbocycles. The van der Waals surface area contributed by atoms with Gasteiger partial charge in [0.2, 0.25) is 0 Å². The van der Waals surface area contributed by atoms with Gasteiger partial charge in [-0.1, -0.05) is 24.3 Å². The maximum absolute atomic E-state index is 11.5. The fraction of sp³-hybridized carbons (Fsp3) is 0.143. The van der Waals surface area contributed by atoms with Gasteiger partial charge in [0.25, 0.3) is 5.91 Å². The van der Waals surface area contributed by atoms with Crippen LogP contribution in [0.2, 0.25) is 0 Å². The Morgan fingerprint density at radius 1 is 1.17 bits per heavy atom. The molecule has 1 heterocycles. The van der Waals surface area contributed by atoms with Gasteiger partial charge < -0.3 is 10.1 Å². The van der Waals surface area contributed by atoms with Crippen LogP contribution >= 0.6 is 0 Å². The topological polar surface area (TPSA) is 51.2 Å². The van der Waals surface area contributed by atoms with Crippen LogP contribution in [-0.4, -0.2) is 17.5 Å². The maximum atomic E-state index is 11.5. The summed E-state index contributed by atoms with van der Waals surface area (Å²) in [6, 6.07) is 13.0.